The average molecular weight is 283 g/mol. The second-order valence-corrected chi connectivity index (χ2v) is 3.69. The van der Waals surface area contributed by atoms with Crippen LogP contribution in [-0.4, -0.2) is 30.4 Å². The highest BCUT2D eigenvalue weighted by molar-refractivity contribution is 7.80. The van der Waals surface area contributed by atoms with Crippen molar-refractivity contribution >= 4 is 29.2 Å². The van der Waals surface area contributed by atoms with Crippen LogP contribution in [-0.2, 0) is 0 Å². The number of ether oxygens (including phenoxy) is 1. The van der Waals surface area contributed by atoms with Gasteiger partial charge in [0.15, 0.2) is 5.11 Å². The Labute approximate surface area is 114 Å². The van der Waals surface area contributed by atoms with Crippen molar-refractivity contribution in [3.05, 3.63) is 27.8 Å². The highest BCUT2D eigenvalue weighted by Gasteiger charge is 2.12. The Morgan fingerprint density at radius 1 is 1.58 bits per heavy atom. The summed E-state index contributed by atoms with van der Waals surface area (Å²) >= 11 is 4.79. The van der Waals surface area contributed by atoms with Crippen LogP contribution in [0.5, 0.6) is 11.5 Å². The first-order valence-electron chi connectivity index (χ1n) is 5.03. The molecule has 1 rings (SSSR count). The monoisotopic (exact) mass is 283 g/mol. The lowest BCUT2D eigenvalue weighted by Gasteiger charge is -2.12. The molecule has 0 atom stereocenters. The molecule has 0 aliphatic carbocycles. The lowest BCUT2D eigenvalue weighted by molar-refractivity contribution is -0.398. The molecule has 0 saturated carbocycles. The zero-order chi connectivity index (χ0) is 14.4. The standard InChI is InChI=1S/C10H12N4O4S/c1-11-10(19)13-12-5-6-3-7(14(16)17)9(15)8(4-6)18-2/h3-5,15H,1-2H3,(H2,11,13,19)/p-1/b12-5+. The first-order chi connectivity index (χ1) is 8.99. The van der Waals surface area contributed by atoms with Gasteiger partial charge in [-0.05, 0) is 18.3 Å². The summed E-state index contributed by atoms with van der Waals surface area (Å²) in [6, 6.07) is 2.46. The van der Waals surface area contributed by atoms with Gasteiger partial charge in [-0.3, -0.25) is 15.5 Å². The number of thiocarbonyl (C=S) groups is 1. The van der Waals surface area contributed by atoms with Gasteiger partial charge in [0.25, 0.3) is 5.69 Å². The van der Waals surface area contributed by atoms with Crippen LogP contribution >= 0.6 is 12.2 Å². The quantitative estimate of drug-likeness (QED) is 0.349. The fraction of sp³-hybridized carbons (Fsp3) is 0.200. The van der Waals surface area contributed by atoms with Crippen LogP contribution in [0.25, 0.3) is 0 Å². The van der Waals surface area contributed by atoms with Crippen LogP contribution in [0.2, 0.25) is 0 Å². The van der Waals surface area contributed by atoms with Gasteiger partial charge < -0.3 is 15.2 Å². The second-order valence-electron chi connectivity index (χ2n) is 3.28. The molecule has 0 aliphatic rings. The first kappa shape index (κ1) is 14.6. The highest BCUT2D eigenvalue weighted by Crippen LogP contribution is 2.33. The van der Waals surface area contributed by atoms with Gasteiger partial charge in [0.2, 0.25) is 0 Å². The Morgan fingerprint density at radius 2 is 2.26 bits per heavy atom. The summed E-state index contributed by atoms with van der Waals surface area (Å²) in [5, 5.41) is 29.0. The molecule has 0 unspecified atom stereocenters. The number of nitro groups is 1. The summed E-state index contributed by atoms with van der Waals surface area (Å²) < 4.78 is 4.79. The number of nitrogens with zero attached hydrogens (tertiary/aromatic N) is 2. The molecule has 0 bridgehead atoms. The summed E-state index contributed by atoms with van der Waals surface area (Å²) in [5.41, 5.74) is 2.25. The molecule has 1 aromatic carbocycles. The van der Waals surface area contributed by atoms with E-state index in [1.54, 1.807) is 7.05 Å². The van der Waals surface area contributed by atoms with E-state index < -0.39 is 16.4 Å². The van der Waals surface area contributed by atoms with E-state index in [-0.39, 0.29) is 10.9 Å². The molecule has 102 valence electrons. The number of hydrogen-bond acceptors (Lipinski definition) is 6. The van der Waals surface area contributed by atoms with Gasteiger partial charge in [-0.1, -0.05) is 0 Å². The fourth-order valence-electron chi connectivity index (χ4n) is 1.19. The highest BCUT2D eigenvalue weighted by atomic mass is 32.1. The number of hydrogen-bond donors (Lipinski definition) is 2. The van der Waals surface area contributed by atoms with Crippen molar-refractivity contribution in [2.75, 3.05) is 14.2 Å². The molecule has 9 heteroatoms. The SMILES string of the molecule is CNC(=S)N/N=C/c1cc(OC)c([O-])c([N+](=O)[O-])c1. The molecule has 0 aliphatic heterocycles. The Balaban J connectivity index is 3.05. The normalized spacial score (nSPS) is 10.2. The van der Waals surface area contributed by atoms with Crippen molar-refractivity contribution in [1.29, 1.82) is 0 Å². The Kier molecular flexibility index (Phi) is 5.01. The van der Waals surface area contributed by atoms with Crippen molar-refractivity contribution in [2.24, 2.45) is 5.10 Å². The van der Waals surface area contributed by atoms with Gasteiger partial charge >= 0.3 is 0 Å². The third kappa shape index (κ3) is 3.78. The molecule has 2 N–H and O–H groups in total. The number of benzene rings is 1. The van der Waals surface area contributed by atoms with E-state index in [4.69, 9.17) is 17.0 Å². The maximum Gasteiger partial charge on any atom is 0.266 e. The van der Waals surface area contributed by atoms with Crippen LogP contribution in [0.15, 0.2) is 17.2 Å². The van der Waals surface area contributed by atoms with Crippen LogP contribution in [0.3, 0.4) is 0 Å². The van der Waals surface area contributed by atoms with Crippen molar-refractivity contribution < 1.29 is 14.8 Å². The van der Waals surface area contributed by atoms with Gasteiger partial charge in [0.1, 0.15) is 5.75 Å². The van der Waals surface area contributed by atoms with E-state index in [1.807, 2.05) is 0 Å². The van der Waals surface area contributed by atoms with Crippen LogP contribution < -0.4 is 20.6 Å². The first-order valence-corrected chi connectivity index (χ1v) is 5.44. The largest absolute Gasteiger partial charge is 0.865 e. The van der Waals surface area contributed by atoms with E-state index in [1.165, 1.54) is 19.4 Å². The summed E-state index contributed by atoms with van der Waals surface area (Å²) in [6.45, 7) is 0. The van der Waals surface area contributed by atoms with Crippen molar-refractivity contribution in [1.82, 2.24) is 10.7 Å². The maximum atomic E-state index is 11.6. The van der Waals surface area contributed by atoms with E-state index in [9.17, 15) is 15.2 Å². The summed E-state index contributed by atoms with van der Waals surface area (Å²) in [4.78, 5) is 9.96. The minimum absolute atomic E-state index is 0.119. The Hall–Kier alpha value is -2.42. The summed E-state index contributed by atoms with van der Waals surface area (Å²) in [7, 11) is 2.88. The second kappa shape index (κ2) is 6.50. The van der Waals surface area contributed by atoms with Crippen LogP contribution in [0, 0.1) is 10.1 Å². The van der Waals surface area contributed by atoms with E-state index in [0.717, 1.165) is 6.07 Å². The molecule has 0 fully saturated rings. The molecule has 0 amide bonds. The zero-order valence-electron chi connectivity index (χ0n) is 10.2. The van der Waals surface area contributed by atoms with E-state index in [2.05, 4.69) is 15.8 Å². The van der Waals surface area contributed by atoms with Gasteiger partial charge in [0, 0.05) is 24.4 Å². The van der Waals surface area contributed by atoms with Crippen molar-refractivity contribution in [3.8, 4) is 11.5 Å². The topological polar surface area (TPSA) is 112 Å². The molecule has 0 heterocycles. The Morgan fingerprint density at radius 3 is 2.79 bits per heavy atom. The van der Waals surface area contributed by atoms with Crippen LogP contribution in [0.1, 0.15) is 5.56 Å². The summed E-state index contributed by atoms with van der Waals surface area (Å²) in [5.74, 6) is -0.893. The zero-order valence-corrected chi connectivity index (χ0v) is 11.0. The average Bonchev–Trinajstić information content (AvgIpc) is 2.39. The predicted molar refractivity (Wildman–Crippen MR) is 71.5 cm³/mol. The van der Waals surface area contributed by atoms with Gasteiger partial charge in [0.05, 0.1) is 18.2 Å². The Bertz CT molecular complexity index is 533. The van der Waals surface area contributed by atoms with Crippen molar-refractivity contribution in [2.45, 2.75) is 0 Å². The molecule has 19 heavy (non-hydrogen) atoms. The third-order valence-electron chi connectivity index (χ3n) is 2.08. The maximum absolute atomic E-state index is 11.6. The van der Waals surface area contributed by atoms with Crippen molar-refractivity contribution in [3.63, 3.8) is 0 Å². The minimum Gasteiger partial charge on any atom is -0.865 e. The lowest BCUT2D eigenvalue weighted by Crippen LogP contribution is -2.28. The van der Waals surface area contributed by atoms with Gasteiger partial charge in [-0.2, -0.15) is 5.10 Å². The molecule has 0 radical (unpaired) electrons. The van der Waals surface area contributed by atoms with E-state index in [0.29, 0.717) is 5.56 Å². The fourth-order valence-corrected chi connectivity index (χ4v) is 1.24. The molecule has 0 spiro atoms. The predicted octanol–water partition coefficient (Wildman–Crippen LogP) is 0.105. The van der Waals surface area contributed by atoms with Gasteiger partial charge in [-0.15, -0.1) is 0 Å². The number of nitro benzene ring substituents is 1. The molecule has 0 aromatic heterocycles. The molecule has 0 saturated heterocycles. The lowest BCUT2D eigenvalue weighted by atomic mass is 10.2. The molecular formula is C10H11N4O4S-. The number of methoxy groups -OCH3 is 1. The molecule has 8 nitrogen and oxygen atoms in total. The third-order valence-corrected chi connectivity index (χ3v) is 2.38. The molecular weight excluding hydrogens is 272 g/mol. The molecule has 1 aromatic rings. The van der Waals surface area contributed by atoms with Crippen LogP contribution in [0.4, 0.5) is 5.69 Å². The smallest absolute Gasteiger partial charge is 0.266 e. The number of rotatable bonds is 4. The number of nitrogens with one attached hydrogen (secondary N) is 2. The van der Waals surface area contributed by atoms with E-state index >= 15 is 0 Å². The minimum atomic E-state index is -0.775. The number of hydrazone groups is 1. The summed E-state index contributed by atoms with van der Waals surface area (Å²) in [6.07, 6.45) is 1.29. The van der Waals surface area contributed by atoms with Gasteiger partial charge in [-0.25, -0.2) is 0 Å².